The highest BCUT2D eigenvalue weighted by Gasteiger charge is 2.65. The lowest BCUT2D eigenvalue weighted by Crippen LogP contribution is -2.47. The maximum Gasteiger partial charge on any atom is 0.417 e. The first kappa shape index (κ1) is 24.9. The number of amides is 1. The Morgan fingerprint density at radius 1 is 1.33 bits per heavy atom. The standard InChI is InChI=1S/C22H24F4N2O5/c1-11-17(13-5-4-6-14(23)18(13)32-3)19(33-21(11,2)22(24,25)26)20(31)28-12-7-8-15(27-9-12)16(30)10-29/h4-9,11,16-17,19,29-30H,10H2,1-3H3,(H,28,31)/t11-,16-,17-,19+,21+/m0/s1. The molecule has 33 heavy (non-hydrogen) atoms. The third-order valence-electron chi connectivity index (χ3n) is 6.06. The quantitative estimate of drug-likeness (QED) is 0.558. The van der Waals surface area contributed by atoms with Gasteiger partial charge in [-0.2, -0.15) is 13.2 Å². The molecule has 1 saturated heterocycles. The molecule has 0 unspecified atom stereocenters. The van der Waals surface area contributed by atoms with Crippen LogP contribution in [0.5, 0.6) is 5.75 Å². The van der Waals surface area contributed by atoms with Crippen molar-refractivity contribution in [2.75, 3.05) is 19.0 Å². The number of hydrogen-bond donors (Lipinski definition) is 3. The fourth-order valence-corrected chi connectivity index (χ4v) is 4.01. The summed E-state index contributed by atoms with van der Waals surface area (Å²) in [6, 6.07) is 6.56. The first-order chi connectivity index (χ1) is 15.4. The molecule has 1 aromatic heterocycles. The zero-order valence-corrected chi connectivity index (χ0v) is 18.1. The van der Waals surface area contributed by atoms with Gasteiger partial charge in [-0.05, 0) is 25.1 Å². The number of anilines is 1. The molecule has 11 heteroatoms. The van der Waals surface area contributed by atoms with Gasteiger partial charge in [-0.3, -0.25) is 9.78 Å². The predicted molar refractivity (Wildman–Crippen MR) is 109 cm³/mol. The number of benzene rings is 1. The summed E-state index contributed by atoms with van der Waals surface area (Å²) in [6.07, 6.45) is -6.45. The summed E-state index contributed by atoms with van der Waals surface area (Å²) in [5.74, 6) is -4.35. The van der Waals surface area contributed by atoms with Gasteiger partial charge >= 0.3 is 6.18 Å². The van der Waals surface area contributed by atoms with E-state index in [-0.39, 0.29) is 22.7 Å². The van der Waals surface area contributed by atoms with E-state index in [1.165, 1.54) is 44.5 Å². The zero-order valence-electron chi connectivity index (χ0n) is 18.1. The number of aliphatic hydroxyl groups excluding tert-OH is 2. The van der Waals surface area contributed by atoms with Crippen LogP contribution in [0.1, 0.15) is 37.1 Å². The van der Waals surface area contributed by atoms with Crippen molar-refractivity contribution in [2.24, 2.45) is 5.92 Å². The number of hydrogen-bond acceptors (Lipinski definition) is 6. The van der Waals surface area contributed by atoms with E-state index in [0.717, 1.165) is 13.0 Å². The summed E-state index contributed by atoms with van der Waals surface area (Å²) >= 11 is 0. The predicted octanol–water partition coefficient (Wildman–Crippen LogP) is 3.33. The molecule has 0 saturated carbocycles. The molecule has 0 spiro atoms. The lowest BCUT2D eigenvalue weighted by atomic mass is 9.77. The highest BCUT2D eigenvalue weighted by atomic mass is 19.4. The van der Waals surface area contributed by atoms with Crippen molar-refractivity contribution in [3.05, 3.63) is 53.6 Å². The van der Waals surface area contributed by atoms with Gasteiger partial charge in [0.2, 0.25) is 0 Å². The maximum absolute atomic E-state index is 14.3. The number of alkyl halides is 3. The highest BCUT2D eigenvalue weighted by Crippen LogP contribution is 2.54. The van der Waals surface area contributed by atoms with Gasteiger partial charge in [0.05, 0.1) is 31.3 Å². The van der Waals surface area contributed by atoms with Gasteiger partial charge in [-0.1, -0.05) is 19.1 Å². The summed E-state index contributed by atoms with van der Waals surface area (Å²) < 4.78 is 66.6. The first-order valence-electron chi connectivity index (χ1n) is 10.1. The van der Waals surface area contributed by atoms with Gasteiger partial charge in [0.25, 0.3) is 5.91 Å². The molecule has 5 atom stereocenters. The molecule has 2 aromatic rings. The van der Waals surface area contributed by atoms with Crippen LogP contribution in [0.3, 0.4) is 0 Å². The van der Waals surface area contributed by atoms with Crippen molar-refractivity contribution in [1.29, 1.82) is 0 Å². The van der Waals surface area contributed by atoms with Gasteiger partial charge in [0.15, 0.2) is 17.2 Å². The van der Waals surface area contributed by atoms with Gasteiger partial charge in [-0.25, -0.2) is 4.39 Å². The van der Waals surface area contributed by atoms with E-state index in [9.17, 15) is 27.5 Å². The molecular formula is C22H24F4N2O5. The molecule has 3 N–H and O–H groups in total. The van der Waals surface area contributed by atoms with Crippen LogP contribution in [-0.4, -0.2) is 52.7 Å². The van der Waals surface area contributed by atoms with E-state index in [4.69, 9.17) is 14.6 Å². The van der Waals surface area contributed by atoms with Crippen molar-refractivity contribution >= 4 is 11.6 Å². The third-order valence-corrected chi connectivity index (χ3v) is 6.06. The largest absolute Gasteiger partial charge is 0.493 e. The number of ether oxygens (including phenoxy) is 2. The summed E-state index contributed by atoms with van der Waals surface area (Å²) in [4.78, 5) is 17.0. The van der Waals surface area contributed by atoms with Crippen LogP contribution in [0.25, 0.3) is 0 Å². The van der Waals surface area contributed by atoms with Gasteiger partial charge in [-0.15, -0.1) is 0 Å². The molecule has 1 aliphatic rings. The Balaban J connectivity index is 1.98. The number of para-hydroxylation sites is 1. The maximum atomic E-state index is 14.3. The Kier molecular flexibility index (Phi) is 6.96. The van der Waals surface area contributed by atoms with E-state index in [1.54, 1.807) is 0 Å². The molecule has 2 heterocycles. The van der Waals surface area contributed by atoms with Crippen LogP contribution in [0.2, 0.25) is 0 Å². The number of aromatic nitrogens is 1. The summed E-state index contributed by atoms with van der Waals surface area (Å²) in [7, 11) is 1.19. The molecular weight excluding hydrogens is 448 g/mol. The lowest BCUT2D eigenvalue weighted by molar-refractivity contribution is -0.272. The first-order valence-corrected chi connectivity index (χ1v) is 10.1. The summed E-state index contributed by atoms with van der Waals surface area (Å²) in [5.41, 5.74) is -2.31. The normalized spacial score (nSPS) is 26.2. The molecule has 0 radical (unpaired) electrons. The third kappa shape index (κ3) is 4.53. The number of carbonyl (C=O) groups excluding carboxylic acids is 1. The number of methoxy groups -OCH3 is 1. The van der Waals surface area contributed by atoms with E-state index in [2.05, 4.69) is 10.3 Å². The van der Waals surface area contributed by atoms with Crippen LogP contribution >= 0.6 is 0 Å². The molecule has 3 rings (SSSR count). The Labute approximate surface area is 187 Å². The second-order valence-electron chi connectivity index (χ2n) is 7.98. The van der Waals surface area contributed by atoms with E-state index in [0.29, 0.717) is 0 Å². The molecule has 7 nitrogen and oxygen atoms in total. The molecule has 0 bridgehead atoms. The Hall–Kier alpha value is -2.76. The van der Waals surface area contributed by atoms with Crippen molar-refractivity contribution in [1.82, 2.24) is 4.98 Å². The zero-order chi connectivity index (χ0) is 24.6. The number of carbonyl (C=O) groups is 1. The summed E-state index contributed by atoms with van der Waals surface area (Å²) in [5, 5.41) is 21.0. The minimum Gasteiger partial charge on any atom is -0.493 e. The molecule has 1 fully saturated rings. The Morgan fingerprint density at radius 3 is 2.58 bits per heavy atom. The van der Waals surface area contributed by atoms with Crippen LogP contribution in [0.15, 0.2) is 36.5 Å². The molecule has 1 aromatic carbocycles. The van der Waals surface area contributed by atoms with E-state index in [1.807, 2.05) is 0 Å². The number of pyridine rings is 1. The van der Waals surface area contributed by atoms with Crippen LogP contribution < -0.4 is 10.1 Å². The average Bonchev–Trinajstić information content (AvgIpc) is 3.05. The number of nitrogens with zero attached hydrogens (tertiary/aromatic N) is 1. The monoisotopic (exact) mass is 472 g/mol. The van der Waals surface area contributed by atoms with E-state index < -0.39 is 54.2 Å². The highest BCUT2D eigenvalue weighted by molar-refractivity contribution is 5.95. The van der Waals surface area contributed by atoms with E-state index >= 15 is 0 Å². The molecule has 180 valence electrons. The van der Waals surface area contributed by atoms with Crippen molar-refractivity contribution in [3.8, 4) is 5.75 Å². The molecule has 0 aliphatic carbocycles. The Bertz CT molecular complexity index is 1000. The Morgan fingerprint density at radius 2 is 2.03 bits per heavy atom. The lowest BCUT2D eigenvalue weighted by Gasteiger charge is -2.32. The minimum atomic E-state index is -4.80. The second-order valence-corrected chi connectivity index (χ2v) is 7.98. The van der Waals surface area contributed by atoms with Crippen LogP contribution in [-0.2, 0) is 9.53 Å². The smallest absolute Gasteiger partial charge is 0.417 e. The van der Waals surface area contributed by atoms with Gasteiger partial charge in [0.1, 0.15) is 12.2 Å². The number of halogens is 4. The fraction of sp³-hybridized carbons (Fsp3) is 0.455. The minimum absolute atomic E-state index is 0.0812. The number of aliphatic hydroxyl groups is 2. The van der Waals surface area contributed by atoms with Crippen LogP contribution in [0, 0.1) is 11.7 Å². The topological polar surface area (TPSA) is 101 Å². The molecule has 1 amide bonds. The van der Waals surface area contributed by atoms with Crippen molar-refractivity contribution in [2.45, 2.75) is 43.8 Å². The summed E-state index contributed by atoms with van der Waals surface area (Å²) in [6.45, 7) is 1.60. The number of rotatable bonds is 6. The van der Waals surface area contributed by atoms with Crippen molar-refractivity contribution < 1.29 is 42.0 Å². The second kappa shape index (κ2) is 9.24. The van der Waals surface area contributed by atoms with Crippen LogP contribution in [0.4, 0.5) is 23.2 Å². The fourth-order valence-electron chi connectivity index (χ4n) is 4.01. The molecule has 1 aliphatic heterocycles. The van der Waals surface area contributed by atoms with Gasteiger partial charge < -0.3 is 25.0 Å². The SMILES string of the molecule is COc1c(F)cccc1[C@H]1[C@H](C(=O)Nc2ccc([C@@H](O)CO)nc2)O[C@@](C)(C(F)(F)F)[C@H]1C. The van der Waals surface area contributed by atoms with Gasteiger partial charge in [0, 0.05) is 17.4 Å². The van der Waals surface area contributed by atoms with Crippen molar-refractivity contribution in [3.63, 3.8) is 0 Å². The number of nitrogens with one attached hydrogen (secondary N) is 1. The average molecular weight is 472 g/mol.